The Morgan fingerprint density at radius 1 is 1.10 bits per heavy atom. The van der Waals surface area contributed by atoms with Crippen molar-refractivity contribution in [3.8, 4) is 5.75 Å². The van der Waals surface area contributed by atoms with E-state index in [1.807, 2.05) is 49.4 Å². The Bertz CT molecular complexity index is 564. The fourth-order valence-corrected chi connectivity index (χ4v) is 2.81. The zero-order valence-corrected chi connectivity index (χ0v) is 13.2. The summed E-state index contributed by atoms with van der Waals surface area (Å²) in [6.45, 7) is 4.07. The number of benzene rings is 2. The lowest BCUT2D eigenvalue weighted by molar-refractivity contribution is -0.134. The molecule has 0 saturated heterocycles. The van der Waals surface area contributed by atoms with E-state index < -0.39 is 0 Å². The maximum absolute atomic E-state index is 11.9. The molecule has 1 atom stereocenters. The summed E-state index contributed by atoms with van der Waals surface area (Å²) in [6.07, 6.45) is 0.422. The van der Waals surface area contributed by atoms with Gasteiger partial charge in [-0.15, -0.1) is 0 Å². The number of rotatable bonds is 6. The second-order valence-corrected chi connectivity index (χ2v) is 6.53. The highest BCUT2D eigenvalue weighted by molar-refractivity contribution is 7.99. The van der Waals surface area contributed by atoms with Crippen LogP contribution in [0.3, 0.4) is 0 Å². The Hall–Kier alpha value is -1.74. The first kappa shape index (κ1) is 15.6. The normalized spacial score (nSPS) is 11.9. The molecule has 0 fully saturated rings. The zero-order valence-electron chi connectivity index (χ0n) is 12.4. The molecule has 0 N–H and O–H groups in total. The molecule has 3 heteroatoms. The van der Waals surface area contributed by atoms with Crippen molar-refractivity contribution in [3.63, 3.8) is 0 Å². The van der Waals surface area contributed by atoms with Crippen LogP contribution in [0.15, 0.2) is 54.6 Å². The number of carbonyl (C=O) groups excluding carboxylic acids is 1. The molecule has 0 heterocycles. The summed E-state index contributed by atoms with van der Waals surface area (Å²) in [5.41, 5.74) is 2.43. The molecule has 2 nitrogen and oxygen atoms in total. The van der Waals surface area contributed by atoms with E-state index in [9.17, 15) is 4.79 Å². The highest BCUT2D eigenvalue weighted by atomic mass is 32.2. The Balaban J connectivity index is 1.75. The van der Waals surface area contributed by atoms with Crippen molar-refractivity contribution in [1.29, 1.82) is 0 Å². The van der Waals surface area contributed by atoms with Gasteiger partial charge in [-0.2, -0.15) is 11.8 Å². The molecule has 2 aromatic rings. The number of esters is 1. The van der Waals surface area contributed by atoms with Crippen molar-refractivity contribution in [2.24, 2.45) is 0 Å². The molecule has 0 bridgehead atoms. The highest BCUT2D eigenvalue weighted by Gasteiger charge is 2.11. The predicted molar refractivity (Wildman–Crippen MR) is 88.6 cm³/mol. The molecule has 0 unspecified atom stereocenters. The van der Waals surface area contributed by atoms with E-state index in [2.05, 4.69) is 19.1 Å². The lowest BCUT2D eigenvalue weighted by atomic mass is 10.2. The van der Waals surface area contributed by atoms with Gasteiger partial charge in [0.1, 0.15) is 5.75 Å². The molecule has 21 heavy (non-hydrogen) atoms. The summed E-state index contributed by atoms with van der Waals surface area (Å²) < 4.78 is 5.34. The van der Waals surface area contributed by atoms with Gasteiger partial charge in [-0.25, -0.2) is 0 Å². The van der Waals surface area contributed by atoms with Crippen LogP contribution in [0.1, 0.15) is 24.5 Å². The lowest BCUT2D eigenvalue weighted by Gasteiger charge is -2.11. The third-order valence-electron chi connectivity index (χ3n) is 3.08. The van der Waals surface area contributed by atoms with Gasteiger partial charge < -0.3 is 4.74 Å². The van der Waals surface area contributed by atoms with Crippen molar-refractivity contribution < 1.29 is 9.53 Å². The fourth-order valence-electron chi connectivity index (χ4n) is 1.89. The van der Waals surface area contributed by atoms with Crippen molar-refractivity contribution in [3.05, 3.63) is 65.7 Å². The third-order valence-corrected chi connectivity index (χ3v) is 4.32. The van der Waals surface area contributed by atoms with E-state index in [0.717, 1.165) is 11.3 Å². The Morgan fingerprint density at radius 2 is 1.76 bits per heavy atom. The number of hydrogen-bond acceptors (Lipinski definition) is 3. The number of carbonyl (C=O) groups is 1. The molecule has 0 saturated carbocycles. The van der Waals surface area contributed by atoms with E-state index in [1.54, 1.807) is 11.8 Å². The minimum atomic E-state index is -0.174. The zero-order chi connectivity index (χ0) is 15.1. The molecule has 2 aromatic carbocycles. The smallest absolute Gasteiger partial charge is 0.312 e. The first-order chi connectivity index (χ1) is 10.1. The summed E-state index contributed by atoms with van der Waals surface area (Å²) in [4.78, 5) is 11.9. The van der Waals surface area contributed by atoms with Gasteiger partial charge in [0.2, 0.25) is 0 Å². The molecule has 110 valence electrons. The summed E-state index contributed by atoms with van der Waals surface area (Å²) in [6, 6.07) is 17.8. The molecule has 0 aliphatic rings. The van der Waals surface area contributed by atoms with Gasteiger partial charge in [-0.1, -0.05) is 55.0 Å². The maximum Gasteiger partial charge on any atom is 0.312 e. The van der Waals surface area contributed by atoms with Gasteiger partial charge in [0.05, 0.1) is 6.42 Å². The van der Waals surface area contributed by atoms with E-state index in [4.69, 9.17) is 4.74 Å². The quantitative estimate of drug-likeness (QED) is 0.575. The predicted octanol–water partition coefficient (Wildman–Crippen LogP) is 4.61. The Labute approximate surface area is 130 Å². The van der Waals surface area contributed by atoms with Gasteiger partial charge in [0, 0.05) is 11.0 Å². The van der Waals surface area contributed by atoms with Crippen molar-refractivity contribution >= 4 is 17.7 Å². The fraction of sp³-hybridized carbons (Fsp3) is 0.278. The van der Waals surface area contributed by atoms with Crippen molar-refractivity contribution in [1.82, 2.24) is 0 Å². The number of aryl methyl sites for hydroxylation is 1. The minimum absolute atomic E-state index is 0.174. The van der Waals surface area contributed by atoms with Gasteiger partial charge in [-0.05, 0) is 24.6 Å². The summed E-state index contributed by atoms with van der Waals surface area (Å²) in [5, 5.41) is 0.239. The van der Waals surface area contributed by atoms with E-state index >= 15 is 0 Å². The van der Waals surface area contributed by atoms with E-state index in [-0.39, 0.29) is 11.2 Å². The van der Waals surface area contributed by atoms with Gasteiger partial charge in [0.15, 0.2) is 0 Å². The van der Waals surface area contributed by atoms with Crippen molar-refractivity contribution in [2.45, 2.75) is 31.3 Å². The molecule has 0 spiro atoms. The van der Waals surface area contributed by atoms with Crippen LogP contribution in [-0.4, -0.2) is 11.2 Å². The van der Waals surface area contributed by atoms with Crippen LogP contribution < -0.4 is 4.74 Å². The summed E-state index contributed by atoms with van der Waals surface area (Å²) in [7, 11) is 0. The Morgan fingerprint density at radius 3 is 2.43 bits per heavy atom. The van der Waals surface area contributed by atoms with E-state index in [0.29, 0.717) is 12.2 Å². The monoisotopic (exact) mass is 300 g/mol. The van der Waals surface area contributed by atoms with Gasteiger partial charge >= 0.3 is 5.97 Å². The lowest BCUT2D eigenvalue weighted by Crippen LogP contribution is -2.13. The van der Waals surface area contributed by atoms with Crippen LogP contribution in [0.25, 0.3) is 0 Å². The van der Waals surface area contributed by atoms with Crippen LogP contribution in [-0.2, 0) is 10.5 Å². The topological polar surface area (TPSA) is 26.3 Å². The SMILES string of the molecule is Cc1ccc(OC(=O)C[C@H](C)SCc2ccccc2)cc1. The molecular weight excluding hydrogens is 280 g/mol. The van der Waals surface area contributed by atoms with E-state index in [1.165, 1.54) is 5.56 Å². The molecule has 2 rings (SSSR count). The Kier molecular flexibility index (Phi) is 5.88. The maximum atomic E-state index is 11.9. The van der Waals surface area contributed by atoms with Crippen LogP contribution >= 0.6 is 11.8 Å². The minimum Gasteiger partial charge on any atom is -0.427 e. The second kappa shape index (κ2) is 7.89. The highest BCUT2D eigenvalue weighted by Crippen LogP contribution is 2.21. The molecule has 0 radical (unpaired) electrons. The molecule has 0 amide bonds. The average Bonchev–Trinajstić information content (AvgIpc) is 2.48. The van der Waals surface area contributed by atoms with Crippen LogP contribution in [0.4, 0.5) is 0 Å². The molecule has 0 aromatic heterocycles. The first-order valence-corrected chi connectivity index (χ1v) is 8.11. The first-order valence-electron chi connectivity index (χ1n) is 7.06. The summed E-state index contributed by atoms with van der Waals surface area (Å²) in [5.74, 6) is 1.36. The van der Waals surface area contributed by atoms with Crippen LogP contribution in [0.2, 0.25) is 0 Å². The molecular formula is C18H20O2S. The standard InChI is InChI=1S/C18H20O2S/c1-14-8-10-17(11-9-14)20-18(19)12-15(2)21-13-16-6-4-3-5-7-16/h3-11,15H,12-13H2,1-2H3/t15-/m0/s1. The number of hydrogen-bond donors (Lipinski definition) is 0. The van der Waals surface area contributed by atoms with Gasteiger partial charge in [-0.3, -0.25) is 4.79 Å². The second-order valence-electron chi connectivity index (χ2n) is 5.10. The summed E-state index contributed by atoms with van der Waals surface area (Å²) >= 11 is 1.77. The number of ether oxygens (including phenoxy) is 1. The van der Waals surface area contributed by atoms with Crippen LogP contribution in [0.5, 0.6) is 5.75 Å². The average molecular weight is 300 g/mol. The molecule has 0 aliphatic heterocycles. The van der Waals surface area contributed by atoms with Crippen molar-refractivity contribution in [2.75, 3.05) is 0 Å². The third kappa shape index (κ3) is 5.64. The number of thioether (sulfide) groups is 1. The van der Waals surface area contributed by atoms with Crippen LogP contribution in [0, 0.1) is 6.92 Å². The van der Waals surface area contributed by atoms with Gasteiger partial charge in [0.25, 0.3) is 0 Å². The largest absolute Gasteiger partial charge is 0.427 e. The molecule has 0 aliphatic carbocycles.